The van der Waals surface area contributed by atoms with Crippen LogP contribution >= 0.6 is 22.9 Å². The molecule has 1 aromatic heterocycles. The molecule has 2 aromatic rings. The monoisotopic (exact) mass is 322 g/mol. The summed E-state index contributed by atoms with van der Waals surface area (Å²) in [5.41, 5.74) is 7.31. The molecule has 0 bridgehead atoms. The number of halogens is 1. The molecule has 0 fully saturated rings. The maximum absolute atomic E-state index is 6.27. The van der Waals surface area contributed by atoms with Gasteiger partial charge in [-0.25, -0.2) is 0 Å². The van der Waals surface area contributed by atoms with Crippen molar-refractivity contribution >= 4 is 22.9 Å². The van der Waals surface area contributed by atoms with Gasteiger partial charge in [-0.1, -0.05) is 35.9 Å². The minimum Gasteiger partial charge on any atom is -0.324 e. The third-order valence-corrected chi connectivity index (χ3v) is 5.17. The molecule has 0 saturated heterocycles. The Kier molecular flexibility index (Phi) is 6.24. The summed E-state index contributed by atoms with van der Waals surface area (Å²) in [6.45, 7) is 3.24. The Morgan fingerprint density at radius 2 is 2.00 bits per heavy atom. The molecule has 1 heterocycles. The second-order valence-electron chi connectivity index (χ2n) is 5.53. The number of hydrogen-bond donors (Lipinski definition) is 1. The minimum absolute atomic E-state index is 0.00455. The Labute approximate surface area is 136 Å². The van der Waals surface area contributed by atoms with Crippen molar-refractivity contribution in [3.05, 3.63) is 57.2 Å². The highest BCUT2D eigenvalue weighted by Gasteiger charge is 2.14. The van der Waals surface area contributed by atoms with Crippen LogP contribution in [-0.2, 0) is 6.42 Å². The summed E-state index contributed by atoms with van der Waals surface area (Å²) in [6.07, 6.45) is 2.00. The first-order valence-corrected chi connectivity index (χ1v) is 8.56. The predicted molar refractivity (Wildman–Crippen MR) is 93.1 cm³/mol. The lowest BCUT2D eigenvalue weighted by Gasteiger charge is -2.26. The van der Waals surface area contributed by atoms with Crippen LogP contribution in [-0.4, -0.2) is 24.5 Å². The molecule has 0 aliphatic heterocycles. The lowest BCUT2D eigenvalue weighted by molar-refractivity contribution is 0.248. The maximum Gasteiger partial charge on any atom is 0.0453 e. The molecule has 2 rings (SSSR count). The standard InChI is InChI=1S/C17H23ClN2S/c1-13(12-14-6-5-11-21-14)20(2)10-9-17(19)15-7-3-4-8-16(15)18/h3-8,11,13,17H,9-10,12,19H2,1-2H3. The second kappa shape index (κ2) is 7.95. The number of hydrogen-bond acceptors (Lipinski definition) is 3. The summed E-state index contributed by atoms with van der Waals surface area (Å²) >= 11 is 8.02. The summed E-state index contributed by atoms with van der Waals surface area (Å²) in [5.74, 6) is 0. The zero-order valence-electron chi connectivity index (χ0n) is 12.6. The van der Waals surface area contributed by atoms with Crippen molar-refractivity contribution in [1.29, 1.82) is 0 Å². The van der Waals surface area contributed by atoms with Gasteiger partial charge in [-0.3, -0.25) is 0 Å². The minimum atomic E-state index is -0.00455. The molecule has 1 aromatic carbocycles. The molecule has 0 radical (unpaired) electrons. The highest BCUT2D eigenvalue weighted by atomic mass is 35.5. The van der Waals surface area contributed by atoms with Gasteiger partial charge in [-0.05, 0) is 56.4 Å². The normalized spacial score (nSPS) is 14.3. The van der Waals surface area contributed by atoms with Crippen molar-refractivity contribution in [2.75, 3.05) is 13.6 Å². The molecule has 0 aliphatic rings. The predicted octanol–water partition coefficient (Wildman–Crippen LogP) is 4.35. The smallest absolute Gasteiger partial charge is 0.0453 e. The van der Waals surface area contributed by atoms with Crippen LogP contribution in [0.1, 0.15) is 29.8 Å². The molecular weight excluding hydrogens is 300 g/mol. The Morgan fingerprint density at radius 3 is 2.67 bits per heavy atom. The van der Waals surface area contributed by atoms with E-state index in [1.807, 2.05) is 35.6 Å². The molecular formula is C17H23ClN2S. The molecule has 4 heteroatoms. The van der Waals surface area contributed by atoms with Crippen LogP contribution in [0.15, 0.2) is 41.8 Å². The van der Waals surface area contributed by atoms with Gasteiger partial charge >= 0.3 is 0 Å². The van der Waals surface area contributed by atoms with Gasteiger partial charge in [0.15, 0.2) is 0 Å². The Hall–Kier alpha value is -0.870. The maximum atomic E-state index is 6.27. The third-order valence-electron chi connectivity index (χ3n) is 3.93. The Morgan fingerprint density at radius 1 is 1.24 bits per heavy atom. The highest BCUT2D eigenvalue weighted by Crippen LogP contribution is 2.23. The molecule has 0 spiro atoms. The first-order valence-electron chi connectivity index (χ1n) is 7.30. The second-order valence-corrected chi connectivity index (χ2v) is 6.97. The van der Waals surface area contributed by atoms with E-state index < -0.39 is 0 Å². The molecule has 0 saturated carbocycles. The van der Waals surface area contributed by atoms with Crippen LogP contribution in [0.25, 0.3) is 0 Å². The van der Waals surface area contributed by atoms with E-state index in [1.165, 1.54) is 4.88 Å². The topological polar surface area (TPSA) is 29.3 Å². The van der Waals surface area contributed by atoms with Crippen LogP contribution in [0.5, 0.6) is 0 Å². The summed E-state index contributed by atoms with van der Waals surface area (Å²) in [4.78, 5) is 3.81. The molecule has 114 valence electrons. The van der Waals surface area contributed by atoms with Crippen LogP contribution in [0, 0.1) is 0 Å². The van der Waals surface area contributed by atoms with Crippen molar-refractivity contribution in [2.24, 2.45) is 5.73 Å². The summed E-state index contributed by atoms with van der Waals surface area (Å²) < 4.78 is 0. The molecule has 0 amide bonds. The summed E-state index contributed by atoms with van der Waals surface area (Å²) in [7, 11) is 2.16. The Balaban J connectivity index is 1.83. The van der Waals surface area contributed by atoms with Gasteiger partial charge in [0.05, 0.1) is 0 Å². The van der Waals surface area contributed by atoms with E-state index in [9.17, 15) is 0 Å². The van der Waals surface area contributed by atoms with Gasteiger partial charge in [0.2, 0.25) is 0 Å². The van der Waals surface area contributed by atoms with Crippen LogP contribution in [0.4, 0.5) is 0 Å². The zero-order valence-corrected chi connectivity index (χ0v) is 14.2. The number of nitrogens with two attached hydrogens (primary N) is 1. The first kappa shape index (κ1) is 16.5. The Bertz CT molecular complexity index is 541. The molecule has 21 heavy (non-hydrogen) atoms. The number of likely N-dealkylation sites (N-methyl/N-ethyl adjacent to an activating group) is 1. The van der Waals surface area contributed by atoms with Gasteiger partial charge in [-0.2, -0.15) is 0 Å². The van der Waals surface area contributed by atoms with Crippen molar-refractivity contribution in [1.82, 2.24) is 4.90 Å². The van der Waals surface area contributed by atoms with E-state index in [-0.39, 0.29) is 6.04 Å². The van der Waals surface area contributed by atoms with Crippen molar-refractivity contribution in [3.63, 3.8) is 0 Å². The number of nitrogens with zero attached hydrogens (tertiary/aromatic N) is 1. The average Bonchev–Trinajstić information content (AvgIpc) is 2.97. The molecule has 2 unspecified atom stereocenters. The van der Waals surface area contributed by atoms with E-state index in [4.69, 9.17) is 17.3 Å². The molecule has 2 atom stereocenters. The highest BCUT2D eigenvalue weighted by molar-refractivity contribution is 7.09. The summed E-state index contributed by atoms with van der Waals surface area (Å²) in [6, 6.07) is 12.7. The van der Waals surface area contributed by atoms with Gasteiger partial charge in [0.1, 0.15) is 0 Å². The first-order chi connectivity index (χ1) is 10.1. The summed E-state index contributed by atoms with van der Waals surface area (Å²) in [5, 5.41) is 2.90. The lowest BCUT2D eigenvalue weighted by atomic mass is 10.0. The van der Waals surface area contributed by atoms with E-state index in [2.05, 4.69) is 36.4 Å². The van der Waals surface area contributed by atoms with E-state index in [0.29, 0.717) is 6.04 Å². The van der Waals surface area contributed by atoms with Gasteiger partial charge < -0.3 is 10.6 Å². The van der Waals surface area contributed by atoms with Crippen molar-refractivity contribution in [2.45, 2.75) is 31.8 Å². The lowest BCUT2D eigenvalue weighted by Crippen LogP contribution is -2.33. The van der Waals surface area contributed by atoms with E-state index in [1.54, 1.807) is 0 Å². The van der Waals surface area contributed by atoms with Crippen molar-refractivity contribution < 1.29 is 0 Å². The molecule has 2 N–H and O–H groups in total. The zero-order chi connectivity index (χ0) is 15.2. The average molecular weight is 323 g/mol. The van der Waals surface area contributed by atoms with E-state index >= 15 is 0 Å². The van der Waals surface area contributed by atoms with Gasteiger partial charge in [0.25, 0.3) is 0 Å². The van der Waals surface area contributed by atoms with Crippen LogP contribution < -0.4 is 5.73 Å². The van der Waals surface area contributed by atoms with Gasteiger partial charge in [-0.15, -0.1) is 11.3 Å². The quantitative estimate of drug-likeness (QED) is 0.821. The van der Waals surface area contributed by atoms with E-state index in [0.717, 1.165) is 30.0 Å². The van der Waals surface area contributed by atoms with Crippen LogP contribution in [0.2, 0.25) is 5.02 Å². The SMILES string of the molecule is CC(Cc1cccs1)N(C)CCC(N)c1ccccc1Cl. The number of rotatable bonds is 7. The molecule has 0 aliphatic carbocycles. The largest absolute Gasteiger partial charge is 0.324 e. The fourth-order valence-electron chi connectivity index (χ4n) is 2.37. The third kappa shape index (κ3) is 4.82. The fourth-order valence-corrected chi connectivity index (χ4v) is 3.47. The number of benzene rings is 1. The fraction of sp³-hybridized carbons (Fsp3) is 0.412. The van der Waals surface area contributed by atoms with Gasteiger partial charge in [0, 0.05) is 22.0 Å². The van der Waals surface area contributed by atoms with Crippen molar-refractivity contribution in [3.8, 4) is 0 Å². The molecule has 2 nitrogen and oxygen atoms in total. The van der Waals surface area contributed by atoms with Crippen LogP contribution in [0.3, 0.4) is 0 Å². The number of thiophene rings is 1.